The van der Waals surface area contributed by atoms with E-state index in [9.17, 15) is 0 Å². The minimum absolute atomic E-state index is 0.0123. The van der Waals surface area contributed by atoms with Crippen molar-refractivity contribution < 1.29 is 9.47 Å². The number of nitrogens with zero attached hydrogens (tertiary/aromatic N) is 4. The van der Waals surface area contributed by atoms with E-state index in [1.54, 1.807) is 6.20 Å². The lowest BCUT2D eigenvalue weighted by molar-refractivity contribution is 0.0524. The number of aromatic nitrogens is 5. The third-order valence-electron chi connectivity index (χ3n) is 5.81. The van der Waals surface area contributed by atoms with Gasteiger partial charge < -0.3 is 14.8 Å². The molecule has 3 aromatic heterocycles. The molecule has 0 radical (unpaired) electrons. The molecule has 0 aromatic carbocycles. The summed E-state index contributed by atoms with van der Waals surface area (Å²) < 4.78 is 12.3. The molecule has 0 bridgehead atoms. The lowest BCUT2D eigenvalue weighted by Gasteiger charge is -2.46. The normalized spacial score (nSPS) is 20.1. The van der Waals surface area contributed by atoms with E-state index in [4.69, 9.17) is 14.5 Å². The van der Waals surface area contributed by atoms with Gasteiger partial charge in [-0.3, -0.25) is 5.10 Å². The number of piperidine rings is 1. The van der Waals surface area contributed by atoms with Crippen LogP contribution in [-0.2, 0) is 0 Å². The van der Waals surface area contributed by atoms with Gasteiger partial charge in [-0.05, 0) is 58.7 Å². The first kappa shape index (κ1) is 20.9. The van der Waals surface area contributed by atoms with Crippen LogP contribution in [0.5, 0.6) is 11.8 Å². The van der Waals surface area contributed by atoms with Gasteiger partial charge >= 0.3 is 0 Å². The van der Waals surface area contributed by atoms with Crippen molar-refractivity contribution in [3.63, 3.8) is 0 Å². The van der Waals surface area contributed by atoms with Crippen LogP contribution >= 0.6 is 0 Å². The summed E-state index contributed by atoms with van der Waals surface area (Å²) in [5, 5.41) is 19.3. The highest BCUT2D eigenvalue weighted by Gasteiger charge is 2.39. The molecule has 0 amide bonds. The number of pyridine rings is 1. The van der Waals surface area contributed by atoms with Crippen LogP contribution in [0.25, 0.3) is 22.5 Å². The molecular formula is C24H30N6O2. The van der Waals surface area contributed by atoms with Gasteiger partial charge in [0, 0.05) is 47.3 Å². The Balaban J connectivity index is 1.34. The number of hydrogen-bond donors (Lipinski definition) is 2. The Kier molecular flexibility index (Phi) is 5.12. The zero-order valence-electron chi connectivity index (χ0n) is 19.1. The number of rotatable bonds is 6. The number of aromatic amines is 1. The van der Waals surface area contributed by atoms with Crippen LogP contribution in [0, 0.1) is 0 Å². The van der Waals surface area contributed by atoms with Crippen molar-refractivity contribution in [2.45, 2.75) is 76.7 Å². The van der Waals surface area contributed by atoms with Crippen LogP contribution in [-0.4, -0.2) is 48.7 Å². The predicted octanol–water partition coefficient (Wildman–Crippen LogP) is 4.16. The highest BCUT2D eigenvalue weighted by atomic mass is 16.5. The Morgan fingerprint density at radius 2 is 1.62 bits per heavy atom. The summed E-state index contributed by atoms with van der Waals surface area (Å²) in [6.07, 6.45) is 7.89. The van der Waals surface area contributed by atoms with E-state index < -0.39 is 0 Å². The standard InChI is InChI=1S/C24H30N6O2/c1-23(2)11-17(12-24(3,4)30-23)31-21-10-9-20(28-29-21)19-8-7-18(15-13-25-26-14-15)22(27-19)32-16-5-6-16/h7-10,13-14,16-17,30H,5-6,11-12H2,1-4H3,(H,25,26). The van der Waals surface area contributed by atoms with Crippen molar-refractivity contribution in [2.75, 3.05) is 0 Å². The third kappa shape index (κ3) is 4.75. The summed E-state index contributed by atoms with van der Waals surface area (Å²) in [6.45, 7) is 8.83. The molecule has 0 atom stereocenters. The second kappa shape index (κ2) is 7.85. The van der Waals surface area contributed by atoms with Crippen molar-refractivity contribution >= 4 is 0 Å². The summed E-state index contributed by atoms with van der Waals surface area (Å²) in [7, 11) is 0. The molecule has 5 rings (SSSR count). The van der Waals surface area contributed by atoms with Gasteiger partial charge in [-0.15, -0.1) is 10.2 Å². The van der Waals surface area contributed by atoms with Crippen LogP contribution in [0.3, 0.4) is 0 Å². The smallest absolute Gasteiger partial charge is 0.233 e. The molecule has 2 N–H and O–H groups in total. The molecule has 1 aliphatic heterocycles. The fraction of sp³-hybridized carbons (Fsp3) is 0.500. The van der Waals surface area contributed by atoms with Gasteiger partial charge in [0.15, 0.2) is 0 Å². The van der Waals surface area contributed by atoms with Crippen LogP contribution in [0.4, 0.5) is 0 Å². The van der Waals surface area contributed by atoms with E-state index in [0.29, 0.717) is 17.5 Å². The molecule has 8 nitrogen and oxygen atoms in total. The lowest BCUT2D eigenvalue weighted by atomic mass is 9.81. The molecule has 1 saturated carbocycles. The summed E-state index contributed by atoms with van der Waals surface area (Å²) in [5.41, 5.74) is 3.29. The number of hydrogen-bond acceptors (Lipinski definition) is 7. The van der Waals surface area contributed by atoms with Crippen molar-refractivity contribution in [1.82, 2.24) is 30.7 Å². The maximum atomic E-state index is 6.20. The minimum Gasteiger partial charge on any atom is -0.474 e. The van der Waals surface area contributed by atoms with Gasteiger partial charge in [0.25, 0.3) is 0 Å². The Bertz CT molecular complexity index is 1060. The van der Waals surface area contributed by atoms with Gasteiger partial charge in [-0.2, -0.15) is 5.10 Å². The molecule has 2 aliphatic rings. The van der Waals surface area contributed by atoms with Crippen LogP contribution in [0.2, 0.25) is 0 Å². The minimum atomic E-state index is 0.0123. The molecule has 0 spiro atoms. The van der Waals surface area contributed by atoms with E-state index in [1.807, 2.05) is 30.5 Å². The molecule has 1 aliphatic carbocycles. The molecule has 3 aromatic rings. The highest BCUT2D eigenvalue weighted by Crippen LogP contribution is 2.35. The maximum absolute atomic E-state index is 6.20. The van der Waals surface area contributed by atoms with Crippen LogP contribution in [0.1, 0.15) is 53.4 Å². The topological polar surface area (TPSA) is 97.8 Å². The molecule has 8 heteroatoms. The maximum Gasteiger partial charge on any atom is 0.233 e. The largest absolute Gasteiger partial charge is 0.474 e. The molecule has 168 valence electrons. The first-order chi connectivity index (χ1) is 15.3. The number of nitrogens with one attached hydrogen (secondary N) is 2. The molecular weight excluding hydrogens is 404 g/mol. The van der Waals surface area contributed by atoms with E-state index in [-0.39, 0.29) is 23.3 Å². The van der Waals surface area contributed by atoms with Crippen molar-refractivity contribution in [2.24, 2.45) is 0 Å². The van der Waals surface area contributed by atoms with Crippen molar-refractivity contribution in [3.8, 4) is 34.3 Å². The van der Waals surface area contributed by atoms with Gasteiger partial charge in [0.2, 0.25) is 11.8 Å². The zero-order chi connectivity index (χ0) is 22.3. The summed E-state index contributed by atoms with van der Waals surface area (Å²) in [4.78, 5) is 4.75. The van der Waals surface area contributed by atoms with Crippen molar-refractivity contribution in [3.05, 3.63) is 36.7 Å². The van der Waals surface area contributed by atoms with E-state index in [1.165, 1.54) is 0 Å². The van der Waals surface area contributed by atoms with Crippen LogP contribution < -0.4 is 14.8 Å². The van der Waals surface area contributed by atoms with Gasteiger partial charge in [-0.1, -0.05) is 0 Å². The quantitative estimate of drug-likeness (QED) is 0.601. The number of H-pyrrole nitrogens is 1. The SMILES string of the molecule is CC1(C)CC(Oc2ccc(-c3ccc(-c4cn[nH]c4)c(OC4CC4)n3)nn2)CC(C)(C)N1. The Morgan fingerprint density at radius 3 is 2.25 bits per heavy atom. The molecule has 2 fully saturated rings. The van der Waals surface area contributed by atoms with E-state index in [0.717, 1.165) is 42.5 Å². The Labute approximate surface area is 188 Å². The van der Waals surface area contributed by atoms with E-state index >= 15 is 0 Å². The molecule has 0 unspecified atom stereocenters. The zero-order valence-corrected chi connectivity index (χ0v) is 19.1. The number of ether oxygens (including phenoxy) is 2. The monoisotopic (exact) mass is 434 g/mol. The second-order valence-electron chi connectivity index (χ2n) is 10.2. The lowest BCUT2D eigenvalue weighted by Crippen LogP contribution is -2.60. The van der Waals surface area contributed by atoms with E-state index in [2.05, 4.69) is 53.4 Å². The Hall–Kier alpha value is -3.00. The average Bonchev–Trinajstić information content (AvgIpc) is 3.35. The molecule has 4 heterocycles. The summed E-state index contributed by atoms with van der Waals surface area (Å²) >= 11 is 0. The second-order valence-corrected chi connectivity index (χ2v) is 10.2. The predicted molar refractivity (Wildman–Crippen MR) is 121 cm³/mol. The average molecular weight is 435 g/mol. The van der Waals surface area contributed by atoms with Crippen molar-refractivity contribution in [1.29, 1.82) is 0 Å². The van der Waals surface area contributed by atoms with Gasteiger partial charge in [-0.25, -0.2) is 4.98 Å². The first-order valence-corrected chi connectivity index (χ1v) is 11.2. The third-order valence-corrected chi connectivity index (χ3v) is 5.81. The summed E-state index contributed by atoms with van der Waals surface area (Å²) in [5.74, 6) is 1.14. The van der Waals surface area contributed by atoms with Gasteiger partial charge in [0.1, 0.15) is 17.9 Å². The van der Waals surface area contributed by atoms with Gasteiger partial charge in [0.05, 0.1) is 11.9 Å². The Morgan fingerprint density at radius 1 is 0.875 bits per heavy atom. The first-order valence-electron chi connectivity index (χ1n) is 11.2. The molecule has 1 saturated heterocycles. The molecule has 32 heavy (non-hydrogen) atoms. The highest BCUT2D eigenvalue weighted by molar-refractivity contribution is 5.70. The fourth-order valence-corrected chi connectivity index (χ4v) is 4.64. The van der Waals surface area contributed by atoms with Crippen LogP contribution in [0.15, 0.2) is 36.7 Å². The summed E-state index contributed by atoms with van der Waals surface area (Å²) in [6, 6.07) is 7.71. The fourth-order valence-electron chi connectivity index (χ4n) is 4.64.